The van der Waals surface area contributed by atoms with Crippen molar-refractivity contribution >= 4 is 11.6 Å². The maximum atomic E-state index is 12.4. The minimum absolute atomic E-state index is 0.0727. The first-order chi connectivity index (χ1) is 13.1. The highest BCUT2D eigenvalue weighted by atomic mass is 16.2. The van der Waals surface area contributed by atoms with E-state index in [1.165, 1.54) is 5.56 Å². The number of hydrogen-bond donors (Lipinski definition) is 0. The Labute approximate surface area is 158 Å². The van der Waals surface area contributed by atoms with Gasteiger partial charge in [0.1, 0.15) is 5.56 Å². The fraction of sp³-hybridized carbons (Fsp3) is 0.400. The van der Waals surface area contributed by atoms with Gasteiger partial charge in [0.2, 0.25) is 0 Å². The molecule has 0 spiro atoms. The lowest BCUT2D eigenvalue weighted by atomic mass is 9.94. The van der Waals surface area contributed by atoms with Crippen LogP contribution in [0, 0.1) is 0 Å². The molecule has 7 heteroatoms. The molecule has 1 amide bonds. The summed E-state index contributed by atoms with van der Waals surface area (Å²) in [6.07, 6.45) is 9.41. The summed E-state index contributed by atoms with van der Waals surface area (Å²) in [6.45, 7) is 2.95. The van der Waals surface area contributed by atoms with E-state index in [1.54, 1.807) is 37.6 Å². The van der Waals surface area contributed by atoms with Crippen molar-refractivity contribution in [3.05, 3.63) is 59.8 Å². The first kappa shape index (κ1) is 17.6. The third kappa shape index (κ3) is 3.55. The van der Waals surface area contributed by atoms with Gasteiger partial charge in [-0.2, -0.15) is 5.10 Å². The molecule has 1 saturated heterocycles. The smallest absolute Gasteiger partial charge is 0.258 e. The second kappa shape index (κ2) is 7.44. The second-order valence-electron chi connectivity index (χ2n) is 7.30. The van der Waals surface area contributed by atoms with Crippen molar-refractivity contribution in [3.63, 3.8) is 0 Å². The van der Waals surface area contributed by atoms with Gasteiger partial charge in [-0.3, -0.25) is 14.7 Å². The van der Waals surface area contributed by atoms with E-state index in [1.807, 2.05) is 22.8 Å². The minimum Gasteiger partial charge on any atom is -0.345 e. The van der Waals surface area contributed by atoms with E-state index in [9.17, 15) is 4.79 Å². The number of amides is 1. The largest absolute Gasteiger partial charge is 0.345 e. The summed E-state index contributed by atoms with van der Waals surface area (Å²) in [5.74, 6) is 0.291. The van der Waals surface area contributed by atoms with Crippen LogP contribution in [0.1, 0.15) is 40.4 Å². The average Bonchev–Trinajstić information content (AvgIpc) is 3.12. The van der Waals surface area contributed by atoms with Crippen LogP contribution in [0.5, 0.6) is 0 Å². The molecule has 4 heterocycles. The molecule has 0 bridgehead atoms. The van der Waals surface area contributed by atoms with Gasteiger partial charge in [0.05, 0.1) is 11.9 Å². The van der Waals surface area contributed by atoms with Crippen molar-refractivity contribution in [3.8, 4) is 0 Å². The Morgan fingerprint density at radius 1 is 1.26 bits per heavy atom. The molecule has 0 N–H and O–H groups in total. The summed E-state index contributed by atoms with van der Waals surface area (Å²) >= 11 is 0. The van der Waals surface area contributed by atoms with Gasteiger partial charge < -0.3 is 4.90 Å². The van der Waals surface area contributed by atoms with Crippen LogP contribution in [0.15, 0.2) is 43.0 Å². The van der Waals surface area contributed by atoms with Crippen LogP contribution < -0.4 is 0 Å². The number of pyridine rings is 1. The number of piperidine rings is 1. The number of nitrogens with zero attached hydrogens (tertiary/aromatic N) is 6. The van der Waals surface area contributed by atoms with Gasteiger partial charge in [-0.25, -0.2) is 9.50 Å². The molecule has 0 aromatic carbocycles. The van der Waals surface area contributed by atoms with Crippen LogP contribution in [0.25, 0.3) is 5.65 Å². The highest BCUT2D eigenvalue weighted by Gasteiger charge is 2.25. The Hall–Kier alpha value is -2.80. The zero-order valence-electron chi connectivity index (χ0n) is 15.7. The monoisotopic (exact) mass is 364 g/mol. The molecule has 7 nitrogen and oxygen atoms in total. The molecule has 4 rings (SSSR count). The van der Waals surface area contributed by atoms with E-state index >= 15 is 0 Å². The first-order valence-electron chi connectivity index (χ1n) is 9.29. The van der Waals surface area contributed by atoms with Gasteiger partial charge in [0, 0.05) is 51.7 Å². The maximum absolute atomic E-state index is 12.4. The quantitative estimate of drug-likeness (QED) is 0.710. The van der Waals surface area contributed by atoms with Crippen molar-refractivity contribution in [2.24, 2.45) is 0 Å². The lowest BCUT2D eigenvalue weighted by Gasteiger charge is -2.32. The van der Waals surface area contributed by atoms with E-state index in [0.717, 1.165) is 38.2 Å². The van der Waals surface area contributed by atoms with Gasteiger partial charge in [-0.1, -0.05) is 6.07 Å². The number of hydrogen-bond acceptors (Lipinski definition) is 5. The van der Waals surface area contributed by atoms with Crippen LogP contribution in [0.4, 0.5) is 0 Å². The number of carbonyl (C=O) groups excluding carboxylic acids is 1. The summed E-state index contributed by atoms with van der Waals surface area (Å²) in [6, 6.07) is 6.13. The topological polar surface area (TPSA) is 66.6 Å². The standard InChI is InChI=1S/C20H24N6O/c1-24(2)20(27)17-12-23-26-18(7-9-22-19(17)26)16-6-4-10-25(14-16)13-15-5-3-8-21-11-15/h3,5,7-9,11-12,16H,4,6,10,13-14H2,1-2H3. The van der Waals surface area contributed by atoms with Gasteiger partial charge in [0.15, 0.2) is 5.65 Å². The van der Waals surface area contributed by atoms with Gasteiger partial charge in [0.25, 0.3) is 5.91 Å². The second-order valence-corrected chi connectivity index (χ2v) is 7.30. The Morgan fingerprint density at radius 2 is 2.15 bits per heavy atom. The molecule has 0 aliphatic carbocycles. The SMILES string of the molecule is CN(C)C(=O)c1cnn2c(C3CCCN(Cc4cccnc4)C3)ccnc12. The molecule has 27 heavy (non-hydrogen) atoms. The Balaban J connectivity index is 1.59. The molecule has 3 aromatic heterocycles. The molecule has 1 aliphatic heterocycles. The predicted octanol–water partition coefficient (Wildman–Crippen LogP) is 2.21. The molecular formula is C20H24N6O. The van der Waals surface area contributed by atoms with E-state index < -0.39 is 0 Å². The lowest BCUT2D eigenvalue weighted by molar-refractivity contribution is 0.0829. The number of carbonyl (C=O) groups is 1. The Morgan fingerprint density at radius 3 is 2.93 bits per heavy atom. The third-order valence-electron chi connectivity index (χ3n) is 5.12. The molecule has 3 aromatic rings. The van der Waals surface area contributed by atoms with Crippen LogP contribution >= 0.6 is 0 Å². The van der Waals surface area contributed by atoms with Crippen molar-refractivity contribution in [2.45, 2.75) is 25.3 Å². The van der Waals surface area contributed by atoms with Gasteiger partial charge in [-0.05, 0) is 37.1 Å². The third-order valence-corrected chi connectivity index (χ3v) is 5.12. The highest BCUT2D eigenvalue weighted by molar-refractivity contribution is 5.99. The predicted molar refractivity (Wildman–Crippen MR) is 102 cm³/mol. The number of rotatable bonds is 4. The zero-order valence-corrected chi connectivity index (χ0v) is 15.7. The molecule has 1 fully saturated rings. The van der Waals surface area contributed by atoms with Crippen molar-refractivity contribution in [1.29, 1.82) is 0 Å². The van der Waals surface area contributed by atoms with Crippen LogP contribution in [-0.2, 0) is 6.54 Å². The average molecular weight is 364 g/mol. The molecule has 1 atom stereocenters. The molecule has 0 saturated carbocycles. The molecule has 1 unspecified atom stereocenters. The molecular weight excluding hydrogens is 340 g/mol. The summed E-state index contributed by atoms with van der Waals surface area (Å²) in [5.41, 5.74) is 3.53. The van der Waals surface area contributed by atoms with Crippen molar-refractivity contribution < 1.29 is 4.79 Å². The fourth-order valence-electron chi connectivity index (χ4n) is 3.80. The van der Waals surface area contributed by atoms with Crippen LogP contribution in [-0.4, -0.2) is 62.5 Å². The van der Waals surface area contributed by atoms with Crippen LogP contribution in [0.3, 0.4) is 0 Å². The maximum Gasteiger partial charge on any atom is 0.258 e. The summed E-state index contributed by atoms with van der Waals surface area (Å²) in [4.78, 5) is 25.0. The zero-order chi connectivity index (χ0) is 18.8. The van der Waals surface area contributed by atoms with E-state index in [4.69, 9.17) is 0 Å². The first-order valence-corrected chi connectivity index (χ1v) is 9.29. The van der Waals surface area contributed by atoms with E-state index in [2.05, 4.69) is 26.0 Å². The molecule has 140 valence electrons. The summed E-state index contributed by atoms with van der Waals surface area (Å²) < 4.78 is 1.84. The van der Waals surface area contributed by atoms with E-state index in [-0.39, 0.29) is 5.91 Å². The molecule has 0 radical (unpaired) electrons. The van der Waals surface area contributed by atoms with Crippen molar-refractivity contribution in [1.82, 2.24) is 29.4 Å². The Bertz CT molecular complexity index is 936. The Kier molecular flexibility index (Phi) is 4.85. The number of aromatic nitrogens is 4. The normalized spacial score (nSPS) is 17.9. The highest BCUT2D eigenvalue weighted by Crippen LogP contribution is 2.28. The molecule has 1 aliphatic rings. The van der Waals surface area contributed by atoms with Gasteiger partial charge >= 0.3 is 0 Å². The van der Waals surface area contributed by atoms with Crippen LogP contribution in [0.2, 0.25) is 0 Å². The van der Waals surface area contributed by atoms with Gasteiger partial charge in [-0.15, -0.1) is 0 Å². The fourth-order valence-corrected chi connectivity index (χ4v) is 3.80. The number of likely N-dealkylation sites (tertiary alicyclic amines) is 1. The number of fused-ring (bicyclic) bond motifs is 1. The van der Waals surface area contributed by atoms with E-state index in [0.29, 0.717) is 17.1 Å². The lowest BCUT2D eigenvalue weighted by Crippen LogP contribution is -2.34. The summed E-state index contributed by atoms with van der Waals surface area (Å²) in [7, 11) is 3.49. The minimum atomic E-state index is -0.0727. The summed E-state index contributed by atoms with van der Waals surface area (Å²) in [5, 5.41) is 4.48. The van der Waals surface area contributed by atoms with Crippen molar-refractivity contribution in [2.75, 3.05) is 27.2 Å².